The van der Waals surface area contributed by atoms with Crippen LogP contribution in [-0.4, -0.2) is 75.6 Å². The molecule has 3 aliphatic rings. The van der Waals surface area contributed by atoms with E-state index in [2.05, 4.69) is 31.3 Å². The highest BCUT2D eigenvalue weighted by Gasteiger charge is 2.53. The van der Waals surface area contributed by atoms with Gasteiger partial charge in [-0.05, 0) is 54.2 Å². The molecule has 0 saturated carbocycles. The van der Waals surface area contributed by atoms with Gasteiger partial charge < -0.3 is 54.4 Å². The smallest absolute Gasteiger partial charge is 0.407 e. The van der Waals surface area contributed by atoms with Crippen molar-refractivity contribution in [1.29, 1.82) is 0 Å². The molecule has 49 heavy (non-hydrogen) atoms. The Morgan fingerprint density at radius 1 is 1.00 bits per heavy atom. The number of ether oxygens (including phenoxy) is 4. The largest absolute Gasteiger partial charge is 0.507 e. The predicted octanol–water partition coefficient (Wildman–Crippen LogP) is 2.94. The summed E-state index contributed by atoms with van der Waals surface area (Å²) in [5.41, 5.74) is -3.24. The molecule has 1 amide bonds. The fraction of sp³-hybridized carbons (Fsp3) is 0.344. The van der Waals surface area contributed by atoms with E-state index in [0.29, 0.717) is 0 Å². The summed E-state index contributed by atoms with van der Waals surface area (Å²) in [5, 5.41) is 49.8. The van der Waals surface area contributed by atoms with E-state index in [4.69, 9.17) is 18.6 Å². The number of rotatable bonds is 5. The van der Waals surface area contributed by atoms with E-state index in [9.17, 15) is 44.4 Å². The number of Topliss-reactive ketones (excluding diaryl/α,β-unsaturated/α-hetero) is 2. The number of allylic oxidation sites excluding steroid dienone is 2. The Kier molecular flexibility index (Phi) is 8.02. The van der Waals surface area contributed by atoms with Crippen LogP contribution in [0.25, 0.3) is 10.8 Å². The molecule has 2 atom stereocenters. The molecular weight excluding hydrogens is 716 g/mol. The Morgan fingerprint density at radius 2 is 1.67 bits per heavy atom. The van der Waals surface area contributed by atoms with Crippen LogP contribution in [0.4, 0.5) is 4.79 Å². The molecule has 3 aromatic rings. The Balaban J connectivity index is 1.30. The standard InChI is InChI=1S/C32H29BrN2O14/c1-31(2,3)49-30(44)35-6-5-34-20-19(33)22(38)17-18(23(20)39)25(41)27-13(21(17)37)9-32(48-27)10-14(36)12-7-11-8-15(28(42)45-4)46-29(43)16(11)24(40)26(12)47-32/h7-8,14,34,36-37,40-41H,5-6,9-10H2,1-4H3,(H,35,44). The van der Waals surface area contributed by atoms with Crippen LogP contribution in [0.2, 0.25) is 0 Å². The summed E-state index contributed by atoms with van der Waals surface area (Å²) in [6.07, 6.45) is -2.82. The second kappa shape index (κ2) is 11.7. The van der Waals surface area contributed by atoms with Gasteiger partial charge in [0.25, 0.3) is 5.79 Å². The maximum absolute atomic E-state index is 13.6. The number of hydrogen-bond acceptors (Lipinski definition) is 15. The Morgan fingerprint density at radius 3 is 2.35 bits per heavy atom. The third-order valence-corrected chi connectivity index (χ3v) is 8.73. The van der Waals surface area contributed by atoms with E-state index in [1.165, 1.54) is 6.07 Å². The number of aliphatic hydroxyl groups is 1. The zero-order valence-corrected chi connectivity index (χ0v) is 27.9. The number of nitrogens with one attached hydrogen (secondary N) is 2. The van der Waals surface area contributed by atoms with Crippen LogP contribution in [0.15, 0.2) is 31.5 Å². The number of carbonyl (C=O) groups excluding carboxylic acids is 4. The number of aromatic hydroxyl groups is 3. The summed E-state index contributed by atoms with van der Waals surface area (Å²) in [6.45, 7) is 5.05. The molecule has 0 radical (unpaired) electrons. The number of ketones is 2. The number of esters is 1. The van der Waals surface area contributed by atoms with Crippen LogP contribution in [-0.2, 0) is 15.9 Å². The fourth-order valence-electron chi connectivity index (χ4n) is 5.93. The van der Waals surface area contributed by atoms with Crippen molar-refractivity contribution in [2.24, 2.45) is 0 Å². The molecule has 0 fully saturated rings. The second-order valence-corrected chi connectivity index (χ2v) is 13.3. The summed E-state index contributed by atoms with van der Waals surface area (Å²) < 4.78 is 26.5. The Bertz CT molecular complexity index is 2100. The minimum Gasteiger partial charge on any atom is -0.507 e. The number of carbonyl (C=O) groups is 4. The van der Waals surface area contributed by atoms with Crippen LogP contribution < -0.4 is 25.7 Å². The van der Waals surface area contributed by atoms with Crippen molar-refractivity contribution in [2.45, 2.75) is 51.1 Å². The molecule has 2 unspecified atom stereocenters. The van der Waals surface area contributed by atoms with Gasteiger partial charge in [-0.25, -0.2) is 14.4 Å². The van der Waals surface area contributed by atoms with Crippen molar-refractivity contribution in [1.82, 2.24) is 10.6 Å². The number of amides is 1. The van der Waals surface area contributed by atoms with Gasteiger partial charge in [-0.15, -0.1) is 0 Å². The van der Waals surface area contributed by atoms with Crippen LogP contribution in [0, 0.1) is 0 Å². The first kappa shape index (κ1) is 33.6. The van der Waals surface area contributed by atoms with E-state index in [1.54, 1.807) is 20.8 Å². The van der Waals surface area contributed by atoms with Crippen LogP contribution >= 0.6 is 15.9 Å². The van der Waals surface area contributed by atoms with Gasteiger partial charge in [-0.1, -0.05) is 0 Å². The molecule has 2 aromatic carbocycles. The number of benzene rings is 2. The average molecular weight is 745 g/mol. The van der Waals surface area contributed by atoms with Crippen LogP contribution in [0.3, 0.4) is 0 Å². The minimum atomic E-state index is -1.89. The van der Waals surface area contributed by atoms with Gasteiger partial charge in [0.15, 0.2) is 23.0 Å². The molecule has 17 heteroatoms. The topological polar surface area (TPSA) is 240 Å². The molecule has 6 N–H and O–H groups in total. The zero-order valence-electron chi connectivity index (χ0n) is 26.3. The maximum Gasteiger partial charge on any atom is 0.407 e. The first-order valence-corrected chi connectivity index (χ1v) is 15.5. The first-order chi connectivity index (χ1) is 23.0. The predicted molar refractivity (Wildman–Crippen MR) is 169 cm³/mol. The summed E-state index contributed by atoms with van der Waals surface area (Å²) in [4.78, 5) is 63.7. The van der Waals surface area contributed by atoms with E-state index in [1.807, 2.05) is 0 Å². The third-order valence-electron chi connectivity index (χ3n) is 7.97. The molecule has 2 aliphatic heterocycles. The van der Waals surface area contributed by atoms with Gasteiger partial charge >= 0.3 is 17.7 Å². The first-order valence-electron chi connectivity index (χ1n) is 14.8. The molecule has 258 valence electrons. The lowest BCUT2D eigenvalue weighted by atomic mass is 9.86. The van der Waals surface area contributed by atoms with E-state index in [0.717, 1.165) is 13.2 Å². The lowest BCUT2D eigenvalue weighted by Gasteiger charge is -2.37. The summed E-state index contributed by atoms with van der Waals surface area (Å²) in [6, 6.07) is 2.47. The molecule has 1 aromatic heterocycles. The van der Waals surface area contributed by atoms with Crippen LogP contribution in [0.5, 0.6) is 28.7 Å². The number of hydrogen-bond donors (Lipinski definition) is 6. The number of phenolic OH excluding ortho intramolecular Hbond substituents is 3. The average Bonchev–Trinajstić information content (AvgIpc) is 3.39. The van der Waals surface area contributed by atoms with E-state index in [-0.39, 0.29) is 63.8 Å². The molecule has 6 rings (SSSR count). The highest BCUT2D eigenvalue weighted by atomic mass is 79.9. The molecule has 1 spiro atoms. The number of aliphatic hydroxyl groups excluding tert-OH is 1. The quantitative estimate of drug-likeness (QED) is 0.125. The number of halogens is 1. The highest BCUT2D eigenvalue weighted by Crippen LogP contribution is 2.57. The van der Waals surface area contributed by atoms with Gasteiger partial charge in [0.1, 0.15) is 22.4 Å². The lowest BCUT2D eigenvalue weighted by Crippen LogP contribution is -2.45. The van der Waals surface area contributed by atoms with Crippen LogP contribution in [0.1, 0.15) is 75.7 Å². The van der Waals surface area contributed by atoms with Crippen molar-refractivity contribution >= 4 is 50.3 Å². The Labute approximate surface area is 284 Å². The third kappa shape index (κ3) is 5.57. The van der Waals surface area contributed by atoms with Gasteiger partial charge in [-0.2, -0.15) is 0 Å². The second-order valence-electron chi connectivity index (χ2n) is 12.5. The monoisotopic (exact) mass is 744 g/mol. The molecule has 0 saturated heterocycles. The number of fused-ring (bicyclic) bond motifs is 4. The highest BCUT2D eigenvalue weighted by molar-refractivity contribution is 9.12. The lowest BCUT2D eigenvalue weighted by molar-refractivity contribution is -0.139. The minimum absolute atomic E-state index is 0.00227. The Hall–Kier alpha value is -5.29. The van der Waals surface area contributed by atoms with Crippen molar-refractivity contribution < 1.29 is 63.0 Å². The molecule has 0 bridgehead atoms. The SMILES string of the molecule is COC(=O)c1cc2cc3c(c(O)c2c(=O)o1)OC1(Cc2c(O)c4c(c(O)c2O1)C(=O)C(NCCNC(=O)OC(C)(C)C)=C(Br)C4=O)CC3O. The van der Waals surface area contributed by atoms with E-state index < -0.39 is 86.6 Å². The number of phenols is 3. The fourth-order valence-corrected chi connectivity index (χ4v) is 6.45. The van der Waals surface area contributed by atoms with Gasteiger partial charge in [0, 0.05) is 24.2 Å². The molecule has 16 nitrogen and oxygen atoms in total. The molecule has 1 aliphatic carbocycles. The van der Waals surface area contributed by atoms with Crippen molar-refractivity contribution in [3.63, 3.8) is 0 Å². The van der Waals surface area contributed by atoms with Gasteiger partial charge in [0.2, 0.25) is 17.3 Å². The van der Waals surface area contributed by atoms with Crippen molar-refractivity contribution in [3.05, 3.63) is 60.7 Å². The van der Waals surface area contributed by atoms with Crippen molar-refractivity contribution in [2.75, 3.05) is 20.2 Å². The van der Waals surface area contributed by atoms with Gasteiger partial charge in [-0.3, -0.25) is 9.59 Å². The normalized spacial score (nSPS) is 19.5. The zero-order chi connectivity index (χ0) is 35.7. The number of methoxy groups -OCH3 is 1. The molecule has 3 heterocycles. The molecular formula is C32H29BrN2O14. The maximum atomic E-state index is 13.6. The van der Waals surface area contributed by atoms with E-state index >= 15 is 0 Å². The number of alkyl carbamates (subject to hydrolysis) is 1. The summed E-state index contributed by atoms with van der Waals surface area (Å²) in [5.74, 6) is -7.97. The summed E-state index contributed by atoms with van der Waals surface area (Å²) in [7, 11) is 1.09. The summed E-state index contributed by atoms with van der Waals surface area (Å²) >= 11 is 3.10. The van der Waals surface area contributed by atoms with Crippen molar-refractivity contribution in [3.8, 4) is 28.7 Å². The van der Waals surface area contributed by atoms with Gasteiger partial charge in [0.05, 0.1) is 41.7 Å².